The summed E-state index contributed by atoms with van der Waals surface area (Å²) in [5.74, 6) is 0. The van der Waals surface area contributed by atoms with E-state index >= 15 is 0 Å². The molecule has 1 aromatic carbocycles. The molecule has 0 saturated heterocycles. The Balaban J connectivity index is 2.13. The van der Waals surface area contributed by atoms with Crippen molar-refractivity contribution in [2.75, 3.05) is 11.9 Å². The summed E-state index contributed by atoms with van der Waals surface area (Å²) in [4.78, 5) is 0. The lowest BCUT2D eigenvalue weighted by atomic mass is 9.83. The van der Waals surface area contributed by atoms with Crippen LogP contribution in [0.4, 0.5) is 5.69 Å². The Morgan fingerprint density at radius 1 is 1.33 bits per heavy atom. The van der Waals surface area contributed by atoms with Crippen LogP contribution in [0.2, 0.25) is 0 Å². The van der Waals surface area contributed by atoms with Crippen molar-refractivity contribution in [1.82, 2.24) is 0 Å². The second-order valence-corrected chi connectivity index (χ2v) is 5.52. The molecule has 0 amide bonds. The molecule has 0 spiro atoms. The molecule has 0 aromatic heterocycles. The number of hydrogen-bond donors (Lipinski definition) is 1. The number of nitriles is 1. The highest BCUT2D eigenvalue weighted by molar-refractivity contribution is 5.62. The Bertz CT molecular complexity index is 451. The maximum absolute atomic E-state index is 9.17. The molecule has 0 aliphatic heterocycles. The smallest absolute Gasteiger partial charge is 0.101 e. The van der Waals surface area contributed by atoms with Crippen molar-refractivity contribution >= 4 is 5.69 Å². The highest BCUT2D eigenvalue weighted by Crippen LogP contribution is 2.41. The zero-order valence-corrected chi connectivity index (χ0v) is 11.4. The van der Waals surface area contributed by atoms with E-state index in [1.807, 2.05) is 12.1 Å². The van der Waals surface area contributed by atoms with Gasteiger partial charge in [-0.15, -0.1) is 0 Å². The van der Waals surface area contributed by atoms with Gasteiger partial charge in [-0.1, -0.05) is 31.9 Å². The van der Waals surface area contributed by atoms with Crippen molar-refractivity contribution in [2.45, 2.75) is 46.0 Å². The molecule has 2 nitrogen and oxygen atoms in total. The van der Waals surface area contributed by atoms with Crippen LogP contribution in [0.1, 0.15) is 50.2 Å². The van der Waals surface area contributed by atoms with E-state index in [0.717, 1.165) is 17.8 Å². The molecule has 1 aliphatic carbocycles. The lowest BCUT2D eigenvalue weighted by Gasteiger charge is -2.28. The van der Waals surface area contributed by atoms with Gasteiger partial charge in [0.05, 0.1) is 11.3 Å². The third kappa shape index (κ3) is 2.51. The largest absolute Gasteiger partial charge is 0.383 e. The molecule has 0 bridgehead atoms. The Morgan fingerprint density at radius 2 is 2.06 bits per heavy atom. The Hall–Kier alpha value is -1.49. The average molecular weight is 242 g/mol. The molecule has 1 fully saturated rings. The number of nitrogens with zero attached hydrogens (tertiary/aromatic N) is 1. The first kappa shape index (κ1) is 13.0. The summed E-state index contributed by atoms with van der Waals surface area (Å²) in [5.41, 5.74) is 3.41. The van der Waals surface area contributed by atoms with Gasteiger partial charge < -0.3 is 5.32 Å². The number of nitrogens with one attached hydrogen (secondary N) is 1. The summed E-state index contributed by atoms with van der Waals surface area (Å²) in [5, 5.41) is 12.7. The van der Waals surface area contributed by atoms with E-state index in [1.165, 1.54) is 37.7 Å². The highest BCUT2D eigenvalue weighted by atomic mass is 14.9. The van der Waals surface area contributed by atoms with Crippen LogP contribution in [-0.2, 0) is 0 Å². The van der Waals surface area contributed by atoms with Gasteiger partial charge in [0.25, 0.3) is 0 Å². The fourth-order valence-corrected chi connectivity index (χ4v) is 3.05. The number of rotatable bonds is 4. The van der Waals surface area contributed by atoms with Gasteiger partial charge in [0.15, 0.2) is 0 Å². The van der Waals surface area contributed by atoms with Crippen molar-refractivity contribution < 1.29 is 0 Å². The van der Waals surface area contributed by atoms with Gasteiger partial charge >= 0.3 is 0 Å². The van der Waals surface area contributed by atoms with Gasteiger partial charge in [0.1, 0.15) is 6.07 Å². The van der Waals surface area contributed by atoms with Crippen LogP contribution in [0.15, 0.2) is 18.2 Å². The molecule has 0 radical (unpaired) electrons. The number of aryl methyl sites for hydroxylation is 1. The van der Waals surface area contributed by atoms with Crippen molar-refractivity contribution in [3.8, 4) is 6.07 Å². The molecular weight excluding hydrogens is 220 g/mol. The van der Waals surface area contributed by atoms with Crippen LogP contribution in [-0.4, -0.2) is 6.54 Å². The van der Waals surface area contributed by atoms with Crippen LogP contribution >= 0.6 is 0 Å². The fraction of sp³-hybridized carbons (Fsp3) is 0.562. The van der Waals surface area contributed by atoms with E-state index in [2.05, 4.69) is 31.3 Å². The van der Waals surface area contributed by atoms with Gasteiger partial charge in [-0.3, -0.25) is 0 Å². The van der Waals surface area contributed by atoms with Crippen molar-refractivity contribution in [3.05, 3.63) is 29.3 Å². The van der Waals surface area contributed by atoms with Gasteiger partial charge in [-0.2, -0.15) is 5.26 Å². The molecule has 1 aliphatic rings. The Kier molecular flexibility index (Phi) is 3.91. The molecule has 1 aromatic rings. The van der Waals surface area contributed by atoms with Crippen LogP contribution in [0, 0.1) is 23.7 Å². The molecule has 0 unspecified atom stereocenters. The normalized spacial score (nSPS) is 17.4. The van der Waals surface area contributed by atoms with E-state index in [9.17, 15) is 0 Å². The summed E-state index contributed by atoms with van der Waals surface area (Å²) < 4.78 is 0. The summed E-state index contributed by atoms with van der Waals surface area (Å²) in [7, 11) is 0. The first-order chi connectivity index (χ1) is 8.71. The number of hydrogen-bond acceptors (Lipinski definition) is 2. The molecule has 1 saturated carbocycles. The van der Waals surface area contributed by atoms with Crippen molar-refractivity contribution in [1.29, 1.82) is 5.26 Å². The first-order valence-electron chi connectivity index (χ1n) is 6.94. The number of benzene rings is 1. The summed E-state index contributed by atoms with van der Waals surface area (Å²) in [6.07, 6.45) is 6.59. The third-order valence-corrected chi connectivity index (χ3v) is 4.45. The minimum atomic E-state index is 0.453. The van der Waals surface area contributed by atoms with Crippen LogP contribution < -0.4 is 5.32 Å². The lowest BCUT2D eigenvalue weighted by molar-refractivity contribution is 0.307. The van der Waals surface area contributed by atoms with E-state index in [0.29, 0.717) is 5.41 Å². The molecule has 2 rings (SSSR count). The molecular formula is C16H22N2. The van der Waals surface area contributed by atoms with Crippen molar-refractivity contribution in [2.24, 2.45) is 5.41 Å². The number of anilines is 1. The monoisotopic (exact) mass is 242 g/mol. The molecule has 18 heavy (non-hydrogen) atoms. The summed E-state index contributed by atoms with van der Waals surface area (Å²) in [6.45, 7) is 5.36. The predicted octanol–water partition coefficient (Wildman–Crippen LogP) is 4.25. The number of para-hydroxylation sites is 1. The van der Waals surface area contributed by atoms with Crippen LogP contribution in [0.5, 0.6) is 0 Å². The minimum Gasteiger partial charge on any atom is -0.383 e. The second-order valence-electron chi connectivity index (χ2n) is 5.52. The van der Waals surface area contributed by atoms with Crippen LogP contribution in [0.3, 0.4) is 0 Å². The zero-order valence-electron chi connectivity index (χ0n) is 11.4. The van der Waals surface area contributed by atoms with Crippen LogP contribution in [0.25, 0.3) is 0 Å². The molecule has 1 N–H and O–H groups in total. The maximum atomic E-state index is 9.17. The SMILES string of the molecule is CCC1(CNc2c(C)cccc2C#N)CCCC1. The third-order valence-electron chi connectivity index (χ3n) is 4.45. The predicted molar refractivity (Wildman–Crippen MR) is 75.6 cm³/mol. The summed E-state index contributed by atoms with van der Waals surface area (Å²) in [6, 6.07) is 8.19. The maximum Gasteiger partial charge on any atom is 0.101 e. The quantitative estimate of drug-likeness (QED) is 0.856. The average Bonchev–Trinajstić information content (AvgIpc) is 2.86. The molecule has 0 atom stereocenters. The molecule has 2 heteroatoms. The van der Waals surface area contributed by atoms with Gasteiger partial charge in [0, 0.05) is 6.54 Å². The van der Waals surface area contributed by atoms with Gasteiger partial charge in [0.2, 0.25) is 0 Å². The van der Waals surface area contributed by atoms with Crippen molar-refractivity contribution in [3.63, 3.8) is 0 Å². The standard InChI is InChI=1S/C16H22N2/c1-3-16(9-4-5-10-16)12-18-15-13(2)7-6-8-14(15)11-17/h6-8,18H,3-5,9-10,12H2,1-2H3. The Labute approximate surface area is 110 Å². The highest BCUT2D eigenvalue weighted by Gasteiger charge is 2.31. The summed E-state index contributed by atoms with van der Waals surface area (Å²) >= 11 is 0. The van der Waals surface area contributed by atoms with Gasteiger partial charge in [-0.25, -0.2) is 0 Å². The van der Waals surface area contributed by atoms with E-state index < -0.39 is 0 Å². The fourth-order valence-electron chi connectivity index (χ4n) is 3.05. The zero-order chi connectivity index (χ0) is 13.0. The molecule has 96 valence electrons. The van der Waals surface area contributed by atoms with E-state index in [4.69, 9.17) is 5.26 Å². The first-order valence-corrected chi connectivity index (χ1v) is 6.94. The lowest BCUT2D eigenvalue weighted by Crippen LogP contribution is -2.26. The second kappa shape index (κ2) is 5.44. The van der Waals surface area contributed by atoms with E-state index in [1.54, 1.807) is 0 Å². The molecule has 0 heterocycles. The minimum absolute atomic E-state index is 0.453. The van der Waals surface area contributed by atoms with E-state index in [-0.39, 0.29) is 0 Å². The topological polar surface area (TPSA) is 35.8 Å². The Morgan fingerprint density at radius 3 is 2.67 bits per heavy atom. The van der Waals surface area contributed by atoms with Gasteiger partial charge in [-0.05, 0) is 43.2 Å².